The van der Waals surface area contributed by atoms with Crippen LogP contribution in [0.5, 0.6) is 0 Å². The van der Waals surface area contributed by atoms with Crippen LogP contribution in [0.25, 0.3) is 16.6 Å². The molecule has 27 heavy (non-hydrogen) atoms. The highest BCUT2D eigenvalue weighted by Crippen LogP contribution is 2.31. The number of aromatic nitrogens is 4. The minimum atomic E-state index is -3.43. The summed E-state index contributed by atoms with van der Waals surface area (Å²) in [6, 6.07) is 1.65. The molecule has 3 heterocycles. The molecule has 11 heteroatoms. The Bertz CT molecular complexity index is 1070. The number of nitroso groups, excluding NO2 is 1. The average Bonchev–Trinajstić information content (AvgIpc) is 3.20. The number of hydrogen-bond acceptors (Lipinski definition) is 7. The molecule has 0 fully saturated rings. The number of anilines is 1. The number of fused-ring (bicyclic) bond motifs is 1. The second-order valence-electron chi connectivity index (χ2n) is 6.03. The Labute approximate surface area is 156 Å². The zero-order valence-electron chi connectivity index (χ0n) is 15.2. The van der Waals surface area contributed by atoms with Crippen molar-refractivity contribution < 1.29 is 13.2 Å². The third kappa shape index (κ3) is 4.14. The zero-order chi connectivity index (χ0) is 19.6. The second kappa shape index (κ2) is 7.45. The Kier molecular flexibility index (Phi) is 5.24. The van der Waals surface area contributed by atoms with Crippen LogP contribution < -0.4 is 4.72 Å². The van der Waals surface area contributed by atoms with Crippen molar-refractivity contribution in [1.82, 2.24) is 19.4 Å². The van der Waals surface area contributed by atoms with E-state index < -0.39 is 10.0 Å². The third-order valence-corrected chi connectivity index (χ3v) is 4.53. The number of ether oxygens (including phenoxy) is 1. The molecule has 3 rings (SSSR count). The molecule has 0 aliphatic rings. The maximum absolute atomic E-state index is 11.5. The SMILES string of the molecule is CCOC(C)n1cc(-c2c(CN=O)cnn3cc(NS(C)(=O)=O)cc23)cn1. The first-order valence-corrected chi connectivity index (χ1v) is 10.1. The molecular formula is C16H20N6O4S. The van der Waals surface area contributed by atoms with Gasteiger partial charge in [-0.05, 0) is 19.9 Å². The highest BCUT2D eigenvalue weighted by Gasteiger charge is 2.17. The molecule has 0 bridgehead atoms. The third-order valence-electron chi connectivity index (χ3n) is 3.92. The summed E-state index contributed by atoms with van der Waals surface area (Å²) < 4.78 is 34.2. The average molecular weight is 392 g/mol. The van der Waals surface area contributed by atoms with E-state index in [0.717, 1.165) is 11.8 Å². The normalized spacial score (nSPS) is 13.0. The van der Waals surface area contributed by atoms with Crippen molar-refractivity contribution in [2.75, 3.05) is 17.6 Å². The molecule has 1 N–H and O–H groups in total. The summed E-state index contributed by atoms with van der Waals surface area (Å²) in [6.45, 7) is 4.26. The fourth-order valence-corrected chi connectivity index (χ4v) is 3.41. The van der Waals surface area contributed by atoms with Gasteiger partial charge in [-0.1, -0.05) is 5.18 Å². The van der Waals surface area contributed by atoms with Crippen LogP contribution in [0, 0.1) is 4.91 Å². The highest BCUT2D eigenvalue weighted by molar-refractivity contribution is 7.92. The van der Waals surface area contributed by atoms with Gasteiger partial charge < -0.3 is 4.74 Å². The van der Waals surface area contributed by atoms with Gasteiger partial charge in [0.25, 0.3) is 0 Å². The van der Waals surface area contributed by atoms with E-state index in [1.807, 2.05) is 13.8 Å². The number of hydrogen-bond donors (Lipinski definition) is 1. The molecule has 1 unspecified atom stereocenters. The molecule has 0 aromatic carbocycles. The quantitative estimate of drug-likeness (QED) is 0.588. The molecule has 0 radical (unpaired) electrons. The number of nitrogens with one attached hydrogen (secondary N) is 1. The Morgan fingerprint density at radius 1 is 1.30 bits per heavy atom. The first-order chi connectivity index (χ1) is 12.8. The van der Waals surface area contributed by atoms with Crippen LogP contribution in [-0.2, 0) is 21.3 Å². The standard InChI is InChI=1S/C16H20N6O4S/c1-4-26-11(2)21-9-13(7-17-21)16-12(8-19-23)6-18-22-10-14(5-15(16)22)20-27(3,24)25/h5-7,9-11,20H,4,8H2,1-3H3. The van der Waals surface area contributed by atoms with Crippen LogP contribution in [0.4, 0.5) is 5.69 Å². The lowest BCUT2D eigenvalue weighted by atomic mass is 10.0. The van der Waals surface area contributed by atoms with Gasteiger partial charge in [0.15, 0.2) is 0 Å². The molecule has 0 amide bonds. The van der Waals surface area contributed by atoms with Crippen LogP contribution >= 0.6 is 0 Å². The van der Waals surface area contributed by atoms with Gasteiger partial charge in [0.2, 0.25) is 10.0 Å². The molecule has 0 saturated carbocycles. The van der Waals surface area contributed by atoms with Gasteiger partial charge in [-0.25, -0.2) is 17.6 Å². The summed E-state index contributed by atoms with van der Waals surface area (Å²) in [5.74, 6) is 0. The zero-order valence-corrected chi connectivity index (χ0v) is 16.0. The molecule has 0 aliphatic heterocycles. The van der Waals surface area contributed by atoms with Gasteiger partial charge in [-0.2, -0.15) is 15.1 Å². The van der Waals surface area contributed by atoms with E-state index >= 15 is 0 Å². The van der Waals surface area contributed by atoms with Crippen LogP contribution in [0.15, 0.2) is 36.0 Å². The summed E-state index contributed by atoms with van der Waals surface area (Å²) in [5.41, 5.74) is 3.08. The molecule has 144 valence electrons. The Morgan fingerprint density at radius 2 is 2.07 bits per heavy atom. The minimum Gasteiger partial charge on any atom is -0.357 e. The molecule has 3 aromatic rings. The molecule has 3 aromatic heterocycles. The first kappa shape index (κ1) is 19.0. The van der Waals surface area contributed by atoms with Gasteiger partial charge in [0, 0.05) is 29.5 Å². The van der Waals surface area contributed by atoms with Crippen molar-refractivity contribution in [1.29, 1.82) is 0 Å². The Balaban J connectivity index is 2.13. The lowest BCUT2D eigenvalue weighted by molar-refractivity contribution is 0.0160. The van der Waals surface area contributed by atoms with Gasteiger partial charge in [-0.15, -0.1) is 0 Å². The number of rotatable bonds is 8. The molecular weight excluding hydrogens is 372 g/mol. The van der Waals surface area contributed by atoms with Crippen molar-refractivity contribution >= 4 is 21.2 Å². The topological polar surface area (TPSA) is 120 Å². The van der Waals surface area contributed by atoms with E-state index in [4.69, 9.17) is 4.74 Å². The second-order valence-corrected chi connectivity index (χ2v) is 7.78. The highest BCUT2D eigenvalue weighted by atomic mass is 32.2. The van der Waals surface area contributed by atoms with Crippen molar-refractivity contribution in [3.05, 3.63) is 41.3 Å². The summed E-state index contributed by atoms with van der Waals surface area (Å²) in [6.07, 6.45) is 7.40. The van der Waals surface area contributed by atoms with Crippen LogP contribution in [0.2, 0.25) is 0 Å². The van der Waals surface area contributed by atoms with Crippen LogP contribution in [0.3, 0.4) is 0 Å². The molecule has 10 nitrogen and oxygen atoms in total. The van der Waals surface area contributed by atoms with Gasteiger partial charge in [0.05, 0.1) is 36.1 Å². The lowest BCUT2D eigenvalue weighted by Crippen LogP contribution is -2.09. The van der Waals surface area contributed by atoms with Gasteiger partial charge >= 0.3 is 0 Å². The van der Waals surface area contributed by atoms with E-state index in [1.165, 1.54) is 6.20 Å². The summed E-state index contributed by atoms with van der Waals surface area (Å²) >= 11 is 0. The first-order valence-electron chi connectivity index (χ1n) is 8.25. The van der Waals surface area contributed by atoms with E-state index in [0.29, 0.717) is 28.9 Å². The van der Waals surface area contributed by atoms with Gasteiger partial charge in [0.1, 0.15) is 12.8 Å². The Morgan fingerprint density at radius 3 is 2.74 bits per heavy atom. The minimum absolute atomic E-state index is 0.0644. The largest absolute Gasteiger partial charge is 0.357 e. The molecule has 1 atom stereocenters. The fourth-order valence-electron chi connectivity index (χ4n) is 2.87. The van der Waals surface area contributed by atoms with Crippen molar-refractivity contribution in [3.63, 3.8) is 0 Å². The van der Waals surface area contributed by atoms with E-state index in [2.05, 4.69) is 20.1 Å². The van der Waals surface area contributed by atoms with E-state index in [1.54, 1.807) is 33.9 Å². The smallest absolute Gasteiger partial charge is 0.229 e. The van der Waals surface area contributed by atoms with Crippen LogP contribution in [-0.4, -0.2) is 40.7 Å². The molecule has 0 saturated heterocycles. The molecule has 0 aliphatic carbocycles. The molecule has 0 spiro atoms. The summed E-state index contributed by atoms with van der Waals surface area (Å²) in [7, 11) is -3.43. The maximum atomic E-state index is 11.5. The van der Waals surface area contributed by atoms with E-state index in [-0.39, 0.29) is 12.8 Å². The Hall–Kier alpha value is -2.79. The summed E-state index contributed by atoms with van der Waals surface area (Å²) in [4.78, 5) is 10.9. The fraction of sp³-hybridized carbons (Fsp3) is 0.375. The van der Waals surface area contributed by atoms with E-state index in [9.17, 15) is 13.3 Å². The maximum Gasteiger partial charge on any atom is 0.229 e. The predicted molar refractivity (Wildman–Crippen MR) is 101 cm³/mol. The van der Waals surface area contributed by atoms with Crippen molar-refractivity contribution in [2.24, 2.45) is 5.18 Å². The summed E-state index contributed by atoms with van der Waals surface area (Å²) in [5, 5.41) is 11.5. The van der Waals surface area contributed by atoms with Crippen molar-refractivity contribution in [2.45, 2.75) is 26.6 Å². The lowest BCUT2D eigenvalue weighted by Gasteiger charge is -2.11. The van der Waals surface area contributed by atoms with Gasteiger partial charge in [-0.3, -0.25) is 4.72 Å². The predicted octanol–water partition coefficient (Wildman–Crippen LogP) is 2.39. The number of sulfonamides is 1. The van der Waals surface area contributed by atoms with Crippen molar-refractivity contribution in [3.8, 4) is 11.1 Å². The monoisotopic (exact) mass is 392 g/mol. The van der Waals surface area contributed by atoms with Crippen LogP contribution in [0.1, 0.15) is 25.6 Å². The number of nitrogens with zero attached hydrogens (tertiary/aromatic N) is 5.